The van der Waals surface area contributed by atoms with Crippen LogP contribution < -0.4 is 40.0 Å². The average Bonchev–Trinajstić information content (AvgIpc) is 3.02. The average molecular weight is 390 g/mol. The Morgan fingerprint density at radius 3 is 2.71 bits per heavy atom. The summed E-state index contributed by atoms with van der Waals surface area (Å²) in [5, 5.41) is 16.1. The number of carbonyl (C=O) groups excluding carboxylic acids is 1. The fraction of sp³-hybridized carbons (Fsp3) is 0.450. The third kappa shape index (κ3) is 3.19. The van der Waals surface area contributed by atoms with Crippen LogP contribution in [0.2, 0.25) is 0 Å². The van der Waals surface area contributed by atoms with Crippen molar-refractivity contribution in [2.24, 2.45) is 11.3 Å². The largest absolute Gasteiger partial charge is 1.00 e. The molecule has 5 rings (SSSR count). The molecule has 28 heavy (non-hydrogen) atoms. The molecule has 0 atom stereocenters. The number of hydrogen-bond donors (Lipinski definition) is 2. The molecule has 0 bridgehead atoms. The Balaban J connectivity index is 0.00000192. The molecule has 3 aromatic rings. The Labute approximate surface area is 183 Å². The zero-order chi connectivity index (χ0) is 18.6. The van der Waals surface area contributed by atoms with Crippen molar-refractivity contribution in [3.8, 4) is 0 Å². The van der Waals surface area contributed by atoms with Gasteiger partial charge in [0, 0.05) is 17.4 Å². The van der Waals surface area contributed by atoms with Gasteiger partial charge in [0.25, 0.3) is 0 Å². The molecule has 2 aromatic heterocycles. The number of fused-ring (bicyclic) bond motifs is 3. The summed E-state index contributed by atoms with van der Waals surface area (Å²) in [5.41, 5.74) is 1.32. The van der Waals surface area contributed by atoms with Gasteiger partial charge < -0.3 is 20.2 Å². The molecule has 2 N–H and O–H groups in total. The second-order valence-electron chi connectivity index (χ2n) is 8.08. The molecule has 6 nitrogen and oxygen atoms in total. The van der Waals surface area contributed by atoms with Gasteiger partial charge in [-0.1, -0.05) is 12.1 Å². The van der Waals surface area contributed by atoms with Gasteiger partial charge in [-0.25, -0.2) is 14.4 Å². The summed E-state index contributed by atoms with van der Waals surface area (Å²) in [6.45, 7) is 0. The van der Waals surface area contributed by atoms with Crippen molar-refractivity contribution in [1.29, 1.82) is 0 Å². The smallest absolute Gasteiger partial charge is 0.550 e. The predicted octanol–water partition coefficient (Wildman–Crippen LogP) is -0.245. The fourth-order valence-corrected chi connectivity index (χ4v) is 4.98. The van der Waals surface area contributed by atoms with Crippen LogP contribution in [0.15, 0.2) is 24.5 Å². The van der Waals surface area contributed by atoms with Crippen LogP contribution in [0.25, 0.3) is 21.9 Å². The van der Waals surface area contributed by atoms with Gasteiger partial charge in [-0.3, -0.25) is 0 Å². The quantitative estimate of drug-likeness (QED) is 0.602. The maximum atomic E-state index is 14.1. The van der Waals surface area contributed by atoms with E-state index >= 15 is 0 Å². The maximum absolute atomic E-state index is 14.1. The Morgan fingerprint density at radius 2 is 2.00 bits per heavy atom. The third-order valence-corrected chi connectivity index (χ3v) is 6.45. The number of anilines is 1. The van der Waals surface area contributed by atoms with E-state index in [1.54, 1.807) is 6.07 Å². The number of halogens is 1. The van der Waals surface area contributed by atoms with Gasteiger partial charge in [0.2, 0.25) is 0 Å². The zero-order valence-electron chi connectivity index (χ0n) is 15.8. The standard InChI is InChI=1S/C20H21FN4O2.Na/c21-14-3-1-2-13-15-17(22-10-23-18(15)25-16(13)14)24-12-8-20(9-12)6-4-11(5-7-20)19(26)27;/h1-3,10-12H,4-9H2,(H,26,27)(H2,22,23,24,25);/q;+1/p-1. The summed E-state index contributed by atoms with van der Waals surface area (Å²) < 4.78 is 14.1. The van der Waals surface area contributed by atoms with Crippen LogP contribution in [0.5, 0.6) is 0 Å². The molecular formula is C20H20FN4NaO2. The molecule has 2 saturated carbocycles. The van der Waals surface area contributed by atoms with E-state index in [0.29, 0.717) is 30.0 Å². The molecule has 0 aliphatic heterocycles. The molecule has 2 heterocycles. The summed E-state index contributed by atoms with van der Waals surface area (Å²) in [5.74, 6) is -0.775. The van der Waals surface area contributed by atoms with Crippen LogP contribution in [0.1, 0.15) is 38.5 Å². The van der Waals surface area contributed by atoms with Gasteiger partial charge in [-0.05, 0) is 55.9 Å². The van der Waals surface area contributed by atoms with Crippen LogP contribution in [-0.2, 0) is 4.79 Å². The molecule has 1 aromatic carbocycles. The number of nitrogens with one attached hydrogen (secondary N) is 2. The fourth-order valence-electron chi connectivity index (χ4n) is 4.98. The molecule has 0 radical (unpaired) electrons. The SMILES string of the molecule is O=C([O-])C1CCC2(CC1)CC(Nc1ncnc3[nH]c4c(F)cccc4c13)C2.[Na+]. The number of carbonyl (C=O) groups is 1. The molecule has 2 aliphatic rings. The number of nitrogens with zero attached hydrogens (tertiary/aromatic N) is 2. The van der Waals surface area contributed by atoms with Crippen molar-refractivity contribution in [3.05, 3.63) is 30.3 Å². The number of benzene rings is 1. The van der Waals surface area contributed by atoms with Gasteiger partial charge in [0.1, 0.15) is 23.6 Å². The number of hydrogen-bond acceptors (Lipinski definition) is 5. The van der Waals surface area contributed by atoms with Crippen molar-refractivity contribution in [3.63, 3.8) is 0 Å². The minimum Gasteiger partial charge on any atom is -0.550 e. The zero-order valence-corrected chi connectivity index (χ0v) is 17.8. The van der Waals surface area contributed by atoms with E-state index in [1.165, 1.54) is 12.4 Å². The van der Waals surface area contributed by atoms with E-state index in [0.717, 1.165) is 42.3 Å². The van der Waals surface area contributed by atoms with E-state index in [1.807, 2.05) is 6.07 Å². The molecule has 1 spiro atoms. The number of aliphatic carboxylic acids is 1. The number of rotatable bonds is 3. The van der Waals surface area contributed by atoms with Crippen LogP contribution in [0.3, 0.4) is 0 Å². The molecule has 140 valence electrons. The molecule has 0 saturated heterocycles. The van der Waals surface area contributed by atoms with Gasteiger partial charge in [0.15, 0.2) is 0 Å². The summed E-state index contributed by atoms with van der Waals surface area (Å²) in [6, 6.07) is 5.28. The Morgan fingerprint density at radius 1 is 1.25 bits per heavy atom. The number of H-pyrrole nitrogens is 1. The third-order valence-electron chi connectivity index (χ3n) is 6.45. The van der Waals surface area contributed by atoms with E-state index in [-0.39, 0.29) is 46.7 Å². The van der Waals surface area contributed by atoms with Gasteiger partial charge >= 0.3 is 29.6 Å². The van der Waals surface area contributed by atoms with Crippen LogP contribution in [0, 0.1) is 17.2 Å². The van der Waals surface area contributed by atoms with Crippen LogP contribution in [0.4, 0.5) is 10.2 Å². The Bertz CT molecular complexity index is 1040. The molecule has 0 amide bonds. The van der Waals surface area contributed by atoms with Gasteiger partial charge in [-0.15, -0.1) is 0 Å². The van der Waals surface area contributed by atoms with E-state index in [2.05, 4.69) is 20.3 Å². The first-order chi connectivity index (χ1) is 13.0. The molecule has 2 fully saturated rings. The minimum atomic E-state index is -0.909. The van der Waals surface area contributed by atoms with E-state index < -0.39 is 5.97 Å². The predicted molar refractivity (Wildman–Crippen MR) is 97.4 cm³/mol. The second kappa shape index (κ2) is 7.28. The maximum Gasteiger partial charge on any atom is 1.00 e. The van der Waals surface area contributed by atoms with Crippen molar-refractivity contribution in [2.45, 2.75) is 44.6 Å². The summed E-state index contributed by atoms with van der Waals surface area (Å²) in [7, 11) is 0. The van der Waals surface area contributed by atoms with E-state index in [4.69, 9.17) is 0 Å². The van der Waals surface area contributed by atoms with Crippen molar-refractivity contribution >= 4 is 33.7 Å². The molecule has 8 heteroatoms. The number of aromatic nitrogens is 3. The summed E-state index contributed by atoms with van der Waals surface area (Å²) in [4.78, 5) is 22.7. The Kier molecular flexibility index (Phi) is 5.10. The summed E-state index contributed by atoms with van der Waals surface area (Å²) in [6.07, 6.45) is 6.83. The Hall–Kier alpha value is -1.70. The number of carboxylic acids is 1. The first-order valence-corrected chi connectivity index (χ1v) is 9.43. The van der Waals surface area contributed by atoms with Crippen molar-refractivity contribution in [1.82, 2.24) is 15.0 Å². The van der Waals surface area contributed by atoms with E-state index in [9.17, 15) is 14.3 Å². The summed E-state index contributed by atoms with van der Waals surface area (Å²) >= 11 is 0. The second-order valence-corrected chi connectivity index (χ2v) is 8.08. The minimum absolute atomic E-state index is 0. The number of aromatic amines is 1. The van der Waals surface area contributed by atoms with Gasteiger partial charge in [-0.2, -0.15) is 0 Å². The van der Waals surface area contributed by atoms with Gasteiger partial charge in [0.05, 0.1) is 10.9 Å². The first-order valence-electron chi connectivity index (χ1n) is 9.43. The number of carboxylic acid groups (broad SMARTS) is 1. The number of para-hydroxylation sites is 1. The first kappa shape index (κ1) is 19.6. The normalized spacial score (nSPS) is 26.8. The monoisotopic (exact) mass is 390 g/mol. The topological polar surface area (TPSA) is 93.7 Å². The van der Waals surface area contributed by atoms with Crippen molar-refractivity contribution in [2.75, 3.05) is 5.32 Å². The van der Waals surface area contributed by atoms with Crippen LogP contribution >= 0.6 is 0 Å². The molecule has 0 unspecified atom stereocenters. The molecule has 2 aliphatic carbocycles. The van der Waals surface area contributed by atoms with Crippen molar-refractivity contribution < 1.29 is 43.8 Å². The van der Waals surface area contributed by atoms with Crippen LogP contribution in [-0.4, -0.2) is 27.0 Å². The molecular weight excluding hydrogens is 370 g/mol.